The average Bonchev–Trinajstić information content (AvgIpc) is 2.64. The molecular weight excluding hydrogens is 245 g/mol. The monoisotopic (exact) mass is 253 g/mol. The first-order valence-corrected chi connectivity index (χ1v) is 5.24. The summed E-state index contributed by atoms with van der Waals surface area (Å²) in [4.78, 5) is 11.0. The standard InChI is InChI=1S/C12H9ClFNO2/c1-7-2-3-9(5-10(7)14)15-6-8(13)4-11(15)12(16)17/h2-6H,1H3,(H,16,17). The van der Waals surface area contributed by atoms with Crippen LogP contribution >= 0.6 is 11.6 Å². The summed E-state index contributed by atoms with van der Waals surface area (Å²) in [5.74, 6) is -1.50. The number of carbonyl (C=O) groups is 1. The third-order valence-electron chi connectivity index (χ3n) is 2.44. The summed E-state index contributed by atoms with van der Waals surface area (Å²) in [6.07, 6.45) is 1.44. The van der Waals surface area contributed by atoms with E-state index in [1.165, 1.54) is 22.9 Å². The van der Waals surface area contributed by atoms with Gasteiger partial charge in [-0.3, -0.25) is 0 Å². The van der Waals surface area contributed by atoms with Crippen molar-refractivity contribution >= 4 is 17.6 Å². The Kier molecular flexibility index (Phi) is 2.90. The number of carboxylic acids is 1. The molecule has 0 saturated carbocycles. The van der Waals surface area contributed by atoms with Crippen LogP contribution in [0.15, 0.2) is 30.5 Å². The van der Waals surface area contributed by atoms with Gasteiger partial charge in [-0.2, -0.15) is 0 Å². The SMILES string of the molecule is Cc1ccc(-n2cc(Cl)cc2C(=O)O)cc1F. The van der Waals surface area contributed by atoms with Crippen LogP contribution in [0.1, 0.15) is 16.1 Å². The molecule has 1 aromatic heterocycles. The third-order valence-corrected chi connectivity index (χ3v) is 2.65. The molecule has 3 nitrogen and oxygen atoms in total. The van der Waals surface area contributed by atoms with E-state index in [1.54, 1.807) is 19.1 Å². The zero-order chi connectivity index (χ0) is 12.6. The van der Waals surface area contributed by atoms with Crippen molar-refractivity contribution in [3.05, 3.63) is 52.6 Å². The van der Waals surface area contributed by atoms with E-state index in [-0.39, 0.29) is 11.5 Å². The lowest BCUT2D eigenvalue weighted by Crippen LogP contribution is -2.05. The Balaban J connectivity index is 2.59. The van der Waals surface area contributed by atoms with E-state index in [0.717, 1.165) is 0 Å². The van der Waals surface area contributed by atoms with Gasteiger partial charge in [-0.1, -0.05) is 17.7 Å². The van der Waals surface area contributed by atoms with E-state index in [4.69, 9.17) is 16.7 Å². The van der Waals surface area contributed by atoms with Gasteiger partial charge in [-0.05, 0) is 30.7 Å². The van der Waals surface area contributed by atoms with Crippen LogP contribution in [0.25, 0.3) is 5.69 Å². The summed E-state index contributed by atoms with van der Waals surface area (Å²) in [6, 6.07) is 5.82. The summed E-state index contributed by atoms with van der Waals surface area (Å²) < 4.78 is 14.8. The first-order valence-electron chi connectivity index (χ1n) is 4.87. The summed E-state index contributed by atoms with van der Waals surface area (Å²) in [5.41, 5.74) is 0.930. The number of benzene rings is 1. The largest absolute Gasteiger partial charge is 0.477 e. The lowest BCUT2D eigenvalue weighted by molar-refractivity contribution is 0.0688. The van der Waals surface area contributed by atoms with Crippen molar-refractivity contribution in [3.63, 3.8) is 0 Å². The summed E-state index contributed by atoms with van der Waals surface area (Å²) >= 11 is 5.75. The van der Waals surface area contributed by atoms with Crippen LogP contribution in [-0.2, 0) is 0 Å². The van der Waals surface area contributed by atoms with Crippen LogP contribution in [0, 0.1) is 12.7 Å². The fourth-order valence-corrected chi connectivity index (χ4v) is 1.74. The molecule has 0 unspecified atom stereocenters. The molecule has 17 heavy (non-hydrogen) atoms. The van der Waals surface area contributed by atoms with E-state index in [0.29, 0.717) is 16.3 Å². The maximum Gasteiger partial charge on any atom is 0.352 e. The van der Waals surface area contributed by atoms with Crippen LogP contribution in [0.4, 0.5) is 4.39 Å². The highest BCUT2D eigenvalue weighted by Gasteiger charge is 2.13. The Morgan fingerprint density at radius 2 is 2.12 bits per heavy atom. The molecule has 0 aliphatic heterocycles. The molecule has 0 bridgehead atoms. The molecule has 88 valence electrons. The number of aromatic nitrogens is 1. The first kappa shape index (κ1) is 11.7. The molecular formula is C12H9ClFNO2. The zero-order valence-electron chi connectivity index (χ0n) is 8.95. The number of hydrogen-bond acceptors (Lipinski definition) is 1. The molecule has 1 N–H and O–H groups in total. The van der Waals surface area contributed by atoms with Crippen molar-refractivity contribution in [1.29, 1.82) is 0 Å². The number of aromatic carboxylic acids is 1. The fraction of sp³-hybridized carbons (Fsp3) is 0.0833. The highest BCUT2D eigenvalue weighted by atomic mass is 35.5. The zero-order valence-corrected chi connectivity index (χ0v) is 9.70. The van der Waals surface area contributed by atoms with Gasteiger partial charge >= 0.3 is 5.97 Å². The van der Waals surface area contributed by atoms with Gasteiger partial charge in [0, 0.05) is 11.9 Å². The molecule has 0 aliphatic rings. The molecule has 2 rings (SSSR count). The average molecular weight is 254 g/mol. The second-order valence-electron chi connectivity index (χ2n) is 3.65. The van der Waals surface area contributed by atoms with Crippen LogP contribution in [0.3, 0.4) is 0 Å². The van der Waals surface area contributed by atoms with Crippen molar-refractivity contribution in [1.82, 2.24) is 4.57 Å². The van der Waals surface area contributed by atoms with Gasteiger partial charge < -0.3 is 9.67 Å². The summed E-state index contributed by atoms with van der Waals surface area (Å²) in [6.45, 7) is 1.64. The van der Waals surface area contributed by atoms with E-state index >= 15 is 0 Å². The van der Waals surface area contributed by atoms with E-state index in [9.17, 15) is 9.18 Å². The molecule has 0 amide bonds. The third kappa shape index (κ3) is 2.17. The second kappa shape index (κ2) is 4.22. The minimum absolute atomic E-state index is 0.00162. The first-order chi connectivity index (χ1) is 7.99. The van der Waals surface area contributed by atoms with Gasteiger partial charge in [0.2, 0.25) is 0 Å². The van der Waals surface area contributed by atoms with Gasteiger partial charge in [-0.25, -0.2) is 9.18 Å². The van der Waals surface area contributed by atoms with Gasteiger partial charge in [0.25, 0.3) is 0 Å². The normalized spacial score (nSPS) is 10.5. The topological polar surface area (TPSA) is 42.2 Å². The molecule has 0 aliphatic carbocycles. The number of hydrogen-bond donors (Lipinski definition) is 1. The number of carboxylic acid groups (broad SMARTS) is 1. The minimum atomic E-state index is -1.11. The Bertz CT molecular complexity index is 592. The van der Waals surface area contributed by atoms with Crippen LogP contribution in [-0.4, -0.2) is 15.6 Å². The number of rotatable bonds is 2. The van der Waals surface area contributed by atoms with Crippen LogP contribution in [0.2, 0.25) is 5.02 Å². The minimum Gasteiger partial charge on any atom is -0.477 e. The van der Waals surface area contributed by atoms with E-state index < -0.39 is 5.97 Å². The molecule has 0 radical (unpaired) electrons. The Morgan fingerprint density at radius 3 is 2.71 bits per heavy atom. The summed E-state index contributed by atoms with van der Waals surface area (Å²) in [5, 5.41) is 9.29. The Hall–Kier alpha value is -1.81. The van der Waals surface area contributed by atoms with Crippen molar-refractivity contribution in [2.45, 2.75) is 6.92 Å². The van der Waals surface area contributed by atoms with Crippen molar-refractivity contribution < 1.29 is 14.3 Å². The lowest BCUT2D eigenvalue weighted by atomic mass is 10.2. The maximum absolute atomic E-state index is 13.4. The van der Waals surface area contributed by atoms with Crippen LogP contribution in [0.5, 0.6) is 0 Å². The highest BCUT2D eigenvalue weighted by Crippen LogP contribution is 2.21. The predicted octanol–water partition coefficient (Wildman–Crippen LogP) is 3.28. The quantitative estimate of drug-likeness (QED) is 0.892. The molecule has 1 heterocycles. The van der Waals surface area contributed by atoms with Crippen molar-refractivity contribution in [2.24, 2.45) is 0 Å². The molecule has 0 atom stereocenters. The number of halogens is 2. The molecule has 1 aromatic carbocycles. The van der Waals surface area contributed by atoms with E-state index in [2.05, 4.69) is 0 Å². The molecule has 0 spiro atoms. The second-order valence-corrected chi connectivity index (χ2v) is 4.09. The molecule has 5 heteroatoms. The Labute approximate surface area is 102 Å². The Morgan fingerprint density at radius 1 is 1.41 bits per heavy atom. The number of aryl methyl sites for hydroxylation is 1. The smallest absolute Gasteiger partial charge is 0.352 e. The lowest BCUT2D eigenvalue weighted by Gasteiger charge is -2.07. The van der Waals surface area contributed by atoms with Crippen molar-refractivity contribution in [2.75, 3.05) is 0 Å². The van der Waals surface area contributed by atoms with Gasteiger partial charge in [0.1, 0.15) is 11.5 Å². The van der Waals surface area contributed by atoms with Crippen LogP contribution < -0.4 is 0 Å². The van der Waals surface area contributed by atoms with Crippen molar-refractivity contribution in [3.8, 4) is 5.69 Å². The molecule has 0 saturated heterocycles. The predicted molar refractivity (Wildman–Crippen MR) is 62.4 cm³/mol. The highest BCUT2D eigenvalue weighted by molar-refractivity contribution is 6.31. The summed E-state index contributed by atoms with van der Waals surface area (Å²) in [7, 11) is 0. The number of nitrogens with zero attached hydrogens (tertiary/aromatic N) is 1. The van der Waals surface area contributed by atoms with Gasteiger partial charge in [0.15, 0.2) is 0 Å². The molecule has 2 aromatic rings. The van der Waals surface area contributed by atoms with E-state index in [1.807, 2.05) is 0 Å². The van der Waals surface area contributed by atoms with Gasteiger partial charge in [0.05, 0.1) is 5.02 Å². The van der Waals surface area contributed by atoms with Gasteiger partial charge in [-0.15, -0.1) is 0 Å². The fourth-order valence-electron chi connectivity index (χ4n) is 1.54. The maximum atomic E-state index is 13.4. The molecule has 0 fully saturated rings.